The van der Waals surface area contributed by atoms with E-state index in [0.717, 1.165) is 32.2 Å². The summed E-state index contributed by atoms with van der Waals surface area (Å²) in [6.45, 7) is 0.515. The summed E-state index contributed by atoms with van der Waals surface area (Å²) in [5.41, 5.74) is 7.81. The van der Waals surface area contributed by atoms with Gasteiger partial charge in [0.25, 0.3) is 0 Å². The Balaban J connectivity index is 1.88. The molecule has 3 nitrogen and oxygen atoms in total. The van der Waals surface area contributed by atoms with Gasteiger partial charge >= 0.3 is 0 Å². The van der Waals surface area contributed by atoms with Crippen LogP contribution in [-0.4, -0.2) is 4.98 Å². The number of rotatable bonds is 3. The Hall–Kier alpha value is -2.07. The summed E-state index contributed by atoms with van der Waals surface area (Å²) in [6, 6.07) is 13.7. The molecule has 0 amide bonds. The number of benzene rings is 2. The van der Waals surface area contributed by atoms with Crippen molar-refractivity contribution in [1.82, 2.24) is 4.98 Å². The fourth-order valence-electron chi connectivity index (χ4n) is 2.06. The lowest BCUT2D eigenvalue weighted by molar-refractivity contribution is 0.310. The largest absolute Gasteiger partial charge is 0.488 e. The monoisotopic (exact) mass is 328 g/mol. The number of pyridine rings is 1. The number of nitrogen functional groups attached to an aromatic ring is 1. The molecule has 1 aromatic heterocycles. The van der Waals surface area contributed by atoms with Gasteiger partial charge in [0.1, 0.15) is 12.4 Å². The molecule has 3 aromatic rings. The maximum atomic E-state index is 5.96. The van der Waals surface area contributed by atoms with Crippen LogP contribution < -0.4 is 10.5 Å². The van der Waals surface area contributed by atoms with Gasteiger partial charge in [0.15, 0.2) is 0 Å². The van der Waals surface area contributed by atoms with E-state index in [4.69, 9.17) is 10.5 Å². The lowest BCUT2D eigenvalue weighted by atomic mass is 10.1. The lowest BCUT2D eigenvalue weighted by Crippen LogP contribution is -1.97. The molecule has 0 fully saturated rings. The Morgan fingerprint density at radius 3 is 2.60 bits per heavy atom. The van der Waals surface area contributed by atoms with Crippen molar-refractivity contribution >= 4 is 32.4 Å². The molecule has 0 aliphatic rings. The summed E-state index contributed by atoms with van der Waals surface area (Å²) in [5.74, 6) is 0.796. The minimum atomic E-state index is 0.515. The highest BCUT2D eigenvalue weighted by Crippen LogP contribution is 2.29. The number of hydrogen-bond donors (Lipinski definition) is 1. The van der Waals surface area contributed by atoms with E-state index in [0.29, 0.717) is 6.61 Å². The van der Waals surface area contributed by atoms with Crippen LogP contribution in [0.4, 0.5) is 5.69 Å². The van der Waals surface area contributed by atoms with Gasteiger partial charge in [-0.3, -0.25) is 4.98 Å². The first kappa shape index (κ1) is 12.9. The molecule has 0 atom stereocenters. The molecule has 0 saturated carbocycles. The maximum absolute atomic E-state index is 5.96. The summed E-state index contributed by atoms with van der Waals surface area (Å²) < 4.78 is 6.95. The zero-order chi connectivity index (χ0) is 13.9. The second kappa shape index (κ2) is 5.51. The average Bonchev–Trinajstić information content (AvgIpc) is 2.49. The molecule has 0 aliphatic carbocycles. The first-order chi connectivity index (χ1) is 9.74. The quantitative estimate of drug-likeness (QED) is 0.734. The summed E-state index contributed by atoms with van der Waals surface area (Å²) in [4.78, 5) is 4.14. The number of nitrogens with two attached hydrogens (primary N) is 1. The summed E-state index contributed by atoms with van der Waals surface area (Å²) in [5, 5.41) is 1.90. The molecular formula is C16H13BrN2O. The molecule has 0 aliphatic heterocycles. The van der Waals surface area contributed by atoms with Crippen LogP contribution in [0.5, 0.6) is 5.75 Å². The van der Waals surface area contributed by atoms with E-state index >= 15 is 0 Å². The third-order valence-electron chi connectivity index (χ3n) is 3.12. The highest BCUT2D eigenvalue weighted by molar-refractivity contribution is 9.10. The number of nitrogens with zero attached hydrogens (tertiary/aromatic N) is 1. The van der Waals surface area contributed by atoms with Gasteiger partial charge in [-0.05, 0) is 35.9 Å². The topological polar surface area (TPSA) is 48.1 Å². The van der Waals surface area contributed by atoms with Crippen LogP contribution in [0.15, 0.2) is 59.3 Å². The molecule has 0 bridgehead atoms. The van der Waals surface area contributed by atoms with E-state index in [1.807, 2.05) is 42.5 Å². The zero-order valence-corrected chi connectivity index (χ0v) is 12.3. The second-order valence-corrected chi connectivity index (χ2v) is 5.41. The van der Waals surface area contributed by atoms with Gasteiger partial charge < -0.3 is 10.5 Å². The normalized spacial score (nSPS) is 10.7. The molecule has 0 unspecified atom stereocenters. The van der Waals surface area contributed by atoms with Crippen LogP contribution in [-0.2, 0) is 6.61 Å². The van der Waals surface area contributed by atoms with Crippen molar-refractivity contribution in [2.75, 3.05) is 5.73 Å². The van der Waals surface area contributed by atoms with Crippen molar-refractivity contribution in [2.45, 2.75) is 6.61 Å². The summed E-state index contributed by atoms with van der Waals surface area (Å²) in [7, 11) is 0. The van der Waals surface area contributed by atoms with Gasteiger partial charge in [0.2, 0.25) is 0 Å². The van der Waals surface area contributed by atoms with Crippen LogP contribution in [0.25, 0.3) is 10.8 Å². The minimum Gasteiger partial charge on any atom is -0.488 e. The van der Waals surface area contributed by atoms with Crippen molar-refractivity contribution in [3.63, 3.8) is 0 Å². The molecule has 20 heavy (non-hydrogen) atoms. The highest BCUT2D eigenvalue weighted by Gasteiger charge is 2.05. The summed E-state index contributed by atoms with van der Waals surface area (Å²) in [6.07, 6.45) is 3.51. The van der Waals surface area contributed by atoms with Gasteiger partial charge in [-0.1, -0.05) is 28.1 Å². The third-order valence-corrected chi connectivity index (χ3v) is 3.65. The van der Waals surface area contributed by atoms with Gasteiger partial charge in [-0.15, -0.1) is 0 Å². The van der Waals surface area contributed by atoms with Crippen molar-refractivity contribution < 1.29 is 4.74 Å². The zero-order valence-electron chi connectivity index (χ0n) is 10.7. The Labute approximate surface area is 125 Å². The number of halogens is 1. The number of anilines is 1. The molecule has 2 N–H and O–H groups in total. The van der Waals surface area contributed by atoms with Crippen LogP contribution in [0, 0.1) is 0 Å². The van der Waals surface area contributed by atoms with Crippen molar-refractivity contribution in [3.8, 4) is 5.75 Å². The molecule has 0 saturated heterocycles. The number of aromatic nitrogens is 1. The first-order valence-corrected chi connectivity index (χ1v) is 7.03. The molecule has 4 heteroatoms. The Morgan fingerprint density at radius 1 is 1.00 bits per heavy atom. The van der Waals surface area contributed by atoms with Crippen LogP contribution in [0.3, 0.4) is 0 Å². The molecule has 0 spiro atoms. The van der Waals surface area contributed by atoms with E-state index in [2.05, 4.69) is 20.9 Å². The number of fused-ring (bicyclic) bond motifs is 1. The predicted octanol–water partition coefficient (Wildman–Crippen LogP) is 4.16. The maximum Gasteiger partial charge on any atom is 0.129 e. The lowest BCUT2D eigenvalue weighted by Gasteiger charge is -2.10. The van der Waals surface area contributed by atoms with Gasteiger partial charge in [-0.25, -0.2) is 0 Å². The SMILES string of the molecule is Nc1ccc(OCc2ccc(Br)cc2)c2cnccc12. The fraction of sp³-hybridized carbons (Fsp3) is 0.0625. The first-order valence-electron chi connectivity index (χ1n) is 6.23. The van der Waals surface area contributed by atoms with Crippen LogP contribution in [0.2, 0.25) is 0 Å². The number of hydrogen-bond acceptors (Lipinski definition) is 3. The van der Waals surface area contributed by atoms with E-state index < -0.39 is 0 Å². The van der Waals surface area contributed by atoms with Crippen molar-refractivity contribution in [1.29, 1.82) is 0 Å². The highest BCUT2D eigenvalue weighted by atomic mass is 79.9. The molecule has 2 aromatic carbocycles. The van der Waals surface area contributed by atoms with Gasteiger partial charge in [0, 0.05) is 33.3 Å². The molecular weight excluding hydrogens is 316 g/mol. The second-order valence-electron chi connectivity index (χ2n) is 4.49. The summed E-state index contributed by atoms with van der Waals surface area (Å²) >= 11 is 3.42. The molecule has 100 valence electrons. The van der Waals surface area contributed by atoms with Crippen molar-refractivity contribution in [3.05, 3.63) is 64.9 Å². The number of ether oxygens (including phenoxy) is 1. The van der Waals surface area contributed by atoms with E-state index in [-0.39, 0.29) is 0 Å². The predicted molar refractivity (Wildman–Crippen MR) is 84.6 cm³/mol. The smallest absolute Gasteiger partial charge is 0.129 e. The van der Waals surface area contributed by atoms with E-state index in [1.165, 1.54) is 0 Å². The third kappa shape index (κ3) is 2.60. The Kier molecular flexibility index (Phi) is 3.56. The van der Waals surface area contributed by atoms with E-state index in [1.54, 1.807) is 12.4 Å². The van der Waals surface area contributed by atoms with Crippen molar-refractivity contribution in [2.24, 2.45) is 0 Å². The van der Waals surface area contributed by atoms with Crippen LogP contribution >= 0.6 is 15.9 Å². The van der Waals surface area contributed by atoms with Crippen LogP contribution in [0.1, 0.15) is 5.56 Å². The minimum absolute atomic E-state index is 0.515. The van der Waals surface area contributed by atoms with Gasteiger partial charge in [0.05, 0.1) is 0 Å². The van der Waals surface area contributed by atoms with Gasteiger partial charge in [-0.2, -0.15) is 0 Å². The Morgan fingerprint density at radius 2 is 1.80 bits per heavy atom. The Bertz CT molecular complexity index is 741. The molecule has 0 radical (unpaired) electrons. The molecule has 3 rings (SSSR count). The molecule has 1 heterocycles. The average molecular weight is 329 g/mol. The fourth-order valence-corrected chi connectivity index (χ4v) is 2.32. The van der Waals surface area contributed by atoms with E-state index in [9.17, 15) is 0 Å². The standard InChI is InChI=1S/C16H13BrN2O/c17-12-3-1-11(2-4-12)10-20-16-6-5-15(18)13-7-8-19-9-14(13)16/h1-9H,10,18H2.